The molecule has 1 nitrogen and oxygen atoms in total. The lowest BCUT2D eigenvalue weighted by Crippen LogP contribution is -2.17. The van der Waals surface area contributed by atoms with Crippen molar-refractivity contribution in [1.29, 1.82) is 0 Å². The van der Waals surface area contributed by atoms with Crippen molar-refractivity contribution in [3.8, 4) is 0 Å². The molecule has 0 bridgehead atoms. The van der Waals surface area contributed by atoms with E-state index in [1.54, 1.807) is 0 Å². The van der Waals surface area contributed by atoms with E-state index in [9.17, 15) is 0 Å². The minimum atomic E-state index is 0.399. The van der Waals surface area contributed by atoms with Gasteiger partial charge in [-0.25, -0.2) is 0 Å². The van der Waals surface area contributed by atoms with E-state index in [1.165, 1.54) is 16.7 Å². The number of aryl methyl sites for hydroxylation is 2. The van der Waals surface area contributed by atoms with E-state index >= 15 is 0 Å². The van der Waals surface area contributed by atoms with Crippen molar-refractivity contribution < 1.29 is 0 Å². The second-order valence-electron chi connectivity index (χ2n) is 4.93. The predicted molar refractivity (Wildman–Crippen MR) is 85.4 cm³/mol. The van der Waals surface area contributed by atoms with E-state index in [0.29, 0.717) is 6.04 Å². The normalized spacial score (nSPS) is 12.4. The number of nitrogens with one attached hydrogen (secondary N) is 1. The molecule has 0 radical (unpaired) electrons. The Hall–Kier alpha value is -1.12. The molecule has 0 amide bonds. The summed E-state index contributed by atoms with van der Waals surface area (Å²) >= 11 is 3.58. The molecular weight excluding hydrogens is 298 g/mol. The first-order chi connectivity index (χ1) is 9.19. The number of halogens is 1. The molecule has 2 rings (SSSR count). The number of benzene rings is 2. The summed E-state index contributed by atoms with van der Waals surface area (Å²) in [6.45, 7) is 2.14. The quantitative estimate of drug-likeness (QED) is 0.846. The highest BCUT2D eigenvalue weighted by Crippen LogP contribution is 2.24. The summed E-state index contributed by atoms with van der Waals surface area (Å²) in [6, 6.07) is 17.7. The molecule has 1 unspecified atom stereocenters. The topological polar surface area (TPSA) is 12.0 Å². The Morgan fingerprint density at radius 1 is 1.11 bits per heavy atom. The van der Waals surface area contributed by atoms with Crippen LogP contribution in [0.4, 0.5) is 0 Å². The Kier molecular flexibility index (Phi) is 5.17. The smallest absolute Gasteiger partial charge is 0.0321 e. The summed E-state index contributed by atoms with van der Waals surface area (Å²) in [4.78, 5) is 0. The molecule has 0 heterocycles. The summed E-state index contributed by atoms with van der Waals surface area (Å²) in [5.74, 6) is 0. The van der Waals surface area contributed by atoms with Crippen molar-refractivity contribution in [2.24, 2.45) is 0 Å². The van der Waals surface area contributed by atoms with Gasteiger partial charge >= 0.3 is 0 Å². The molecule has 0 aliphatic heterocycles. The molecule has 0 spiro atoms. The molecule has 0 aliphatic carbocycles. The van der Waals surface area contributed by atoms with Crippen LogP contribution in [0.5, 0.6) is 0 Å². The lowest BCUT2D eigenvalue weighted by Gasteiger charge is -2.17. The van der Waals surface area contributed by atoms with Crippen molar-refractivity contribution in [3.63, 3.8) is 0 Å². The van der Waals surface area contributed by atoms with Crippen molar-refractivity contribution in [2.75, 3.05) is 7.05 Å². The Bertz CT molecular complexity index is 502. The van der Waals surface area contributed by atoms with Crippen LogP contribution in [0.1, 0.15) is 29.2 Å². The van der Waals surface area contributed by atoms with Crippen LogP contribution >= 0.6 is 15.9 Å². The van der Waals surface area contributed by atoms with Crippen LogP contribution in [0.3, 0.4) is 0 Å². The summed E-state index contributed by atoms with van der Waals surface area (Å²) in [5, 5.41) is 3.42. The highest BCUT2D eigenvalue weighted by molar-refractivity contribution is 9.10. The fourth-order valence-electron chi connectivity index (χ4n) is 2.40. The third-order valence-electron chi connectivity index (χ3n) is 3.38. The Morgan fingerprint density at radius 2 is 1.84 bits per heavy atom. The van der Waals surface area contributed by atoms with Crippen LogP contribution in [-0.2, 0) is 6.42 Å². The molecule has 0 saturated carbocycles. The highest BCUT2D eigenvalue weighted by atomic mass is 79.9. The van der Waals surface area contributed by atoms with E-state index in [0.717, 1.165) is 17.3 Å². The first-order valence-corrected chi connectivity index (χ1v) is 7.46. The lowest BCUT2D eigenvalue weighted by molar-refractivity contribution is 0.549. The van der Waals surface area contributed by atoms with Gasteiger partial charge in [0.1, 0.15) is 0 Å². The van der Waals surface area contributed by atoms with Gasteiger partial charge in [0, 0.05) is 10.5 Å². The molecule has 0 saturated heterocycles. The summed E-state index contributed by atoms with van der Waals surface area (Å²) in [6.07, 6.45) is 2.20. The predicted octanol–water partition coefficient (Wildman–Crippen LogP) is 4.65. The van der Waals surface area contributed by atoms with Gasteiger partial charge in [0.2, 0.25) is 0 Å². The van der Waals surface area contributed by atoms with Crippen molar-refractivity contribution >= 4 is 15.9 Å². The molecule has 19 heavy (non-hydrogen) atoms. The number of rotatable bonds is 5. The lowest BCUT2D eigenvalue weighted by atomic mass is 9.98. The van der Waals surface area contributed by atoms with Crippen LogP contribution in [0.25, 0.3) is 0 Å². The molecule has 2 aromatic rings. The molecule has 2 aromatic carbocycles. The molecule has 0 aliphatic rings. The molecule has 1 N–H and O–H groups in total. The minimum absolute atomic E-state index is 0.399. The Labute approximate surface area is 124 Å². The van der Waals surface area contributed by atoms with E-state index in [4.69, 9.17) is 0 Å². The largest absolute Gasteiger partial charge is 0.313 e. The number of hydrogen-bond acceptors (Lipinski definition) is 1. The third kappa shape index (κ3) is 4.19. The van der Waals surface area contributed by atoms with Gasteiger partial charge in [-0.15, -0.1) is 0 Å². The van der Waals surface area contributed by atoms with Gasteiger partial charge < -0.3 is 5.32 Å². The molecular formula is C17H20BrN. The molecule has 0 aromatic heterocycles. The van der Waals surface area contributed by atoms with Gasteiger partial charge in [0.15, 0.2) is 0 Å². The third-order valence-corrected chi connectivity index (χ3v) is 3.84. The molecule has 0 fully saturated rings. The Balaban J connectivity index is 2.07. The average molecular weight is 318 g/mol. The fraction of sp³-hybridized carbons (Fsp3) is 0.294. The Morgan fingerprint density at radius 3 is 2.47 bits per heavy atom. The van der Waals surface area contributed by atoms with Gasteiger partial charge in [-0.2, -0.15) is 0 Å². The monoisotopic (exact) mass is 317 g/mol. The average Bonchev–Trinajstić information content (AvgIpc) is 2.39. The zero-order chi connectivity index (χ0) is 13.7. The zero-order valence-corrected chi connectivity index (χ0v) is 13.1. The van der Waals surface area contributed by atoms with Crippen molar-refractivity contribution in [1.82, 2.24) is 5.32 Å². The first-order valence-electron chi connectivity index (χ1n) is 6.67. The van der Waals surface area contributed by atoms with Gasteiger partial charge in [-0.05, 0) is 55.6 Å². The van der Waals surface area contributed by atoms with Gasteiger partial charge in [-0.3, -0.25) is 0 Å². The van der Waals surface area contributed by atoms with Crippen molar-refractivity contribution in [2.45, 2.75) is 25.8 Å². The maximum Gasteiger partial charge on any atom is 0.0321 e. The van der Waals surface area contributed by atoms with Gasteiger partial charge in [0.05, 0.1) is 0 Å². The summed E-state index contributed by atoms with van der Waals surface area (Å²) in [5.41, 5.74) is 4.05. The first kappa shape index (κ1) is 14.3. The van der Waals surface area contributed by atoms with Crippen LogP contribution < -0.4 is 5.32 Å². The van der Waals surface area contributed by atoms with E-state index in [-0.39, 0.29) is 0 Å². The van der Waals surface area contributed by atoms with Crippen LogP contribution in [0.2, 0.25) is 0 Å². The maximum atomic E-state index is 3.58. The standard InChI is InChI=1S/C17H20BrN/c1-13-10-15(12-16(18)11-13)17(19-2)9-8-14-6-4-3-5-7-14/h3-7,10-12,17,19H,8-9H2,1-2H3. The van der Waals surface area contributed by atoms with Gasteiger partial charge in [-0.1, -0.05) is 52.3 Å². The number of hydrogen-bond donors (Lipinski definition) is 1. The summed E-state index contributed by atoms with van der Waals surface area (Å²) < 4.78 is 1.16. The maximum absolute atomic E-state index is 3.58. The van der Waals surface area contributed by atoms with E-state index < -0.39 is 0 Å². The minimum Gasteiger partial charge on any atom is -0.313 e. The van der Waals surface area contributed by atoms with Crippen molar-refractivity contribution in [3.05, 3.63) is 69.7 Å². The zero-order valence-electron chi connectivity index (χ0n) is 11.5. The van der Waals surface area contributed by atoms with Crippen LogP contribution in [0, 0.1) is 6.92 Å². The molecule has 2 heteroatoms. The second-order valence-corrected chi connectivity index (χ2v) is 5.84. The highest BCUT2D eigenvalue weighted by Gasteiger charge is 2.10. The van der Waals surface area contributed by atoms with Crippen LogP contribution in [-0.4, -0.2) is 7.05 Å². The fourth-order valence-corrected chi connectivity index (χ4v) is 3.02. The second kappa shape index (κ2) is 6.88. The van der Waals surface area contributed by atoms with Crippen LogP contribution in [0.15, 0.2) is 53.0 Å². The SMILES string of the molecule is CNC(CCc1ccccc1)c1cc(C)cc(Br)c1. The molecule has 100 valence electrons. The summed E-state index contributed by atoms with van der Waals surface area (Å²) in [7, 11) is 2.03. The van der Waals surface area contributed by atoms with E-state index in [2.05, 4.69) is 76.7 Å². The van der Waals surface area contributed by atoms with E-state index in [1.807, 2.05) is 7.05 Å². The van der Waals surface area contributed by atoms with Gasteiger partial charge in [0.25, 0.3) is 0 Å². The molecule has 1 atom stereocenters.